The van der Waals surface area contributed by atoms with Gasteiger partial charge in [-0.1, -0.05) is 12.8 Å². The van der Waals surface area contributed by atoms with Crippen molar-refractivity contribution in [3.63, 3.8) is 0 Å². The first-order valence-electron chi connectivity index (χ1n) is 6.92. The summed E-state index contributed by atoms with van der Waals surface area (Å²) in [4.78, 5) is 25.1. The average Bonchev–Trinajstić information content (AvgIpc) is 2.35. The van der Waals surface area contributed by atoms with E-state index in [-0.39, 0.29) is 6.42 Å². The smallest absolute Gasteiger partial charge is 0.347 e. The number of alkyl halides is 3. The number of rotatable bonds is 9. The van der Waals surface area contributed by atoms with Gasteiger partial charge in [-0.15, -0.1) is 0 Å². The molecule has 0 aliphatic carbocycles. The van der Waals surface area contributed by atoms with Crippen molar-refractivity contribution in [2.45, 2.75) is 38.3 Å². The van der Waals surface area contributed by atoms with Crippen molar-refractivity contribution in [3.8, 4) is 0 Å². The Balaban J connectivity index is 4.43. The highest BCUT2D eigenvalue weighted by Crippen LogP contribution is 2.17. The van der Waals surface area contributed by atoms with Gasteiger partial charge in [0.25, 0.3) is 0 Å². The highest BCUT2D eigenvalue weighted by Gasteiger charge is 2.33. The molecule has 0 atom stereocenters. The van der Waals surface area contributed by atoms with E-state index in [4.69, 9.17) is 5.73 Å². The molecule has 0 spiro atoms. The van der Waals surface area contributed by atoms with Crippen LogP contribution in [0.2, 0.25) is 0 Å². The van der Waals surface area contributed by atoms with E-state index in [2.05, 4.69) is 0 Å². The van der Waals surface area contributed by atoms with Gasteiger partial charge in [-0.25, -0.2) is 0 Å². The summed E-state index contributed by atoms with van der Waals surface area (Å²) in [5, 5.41) is 0. The van der Waals surface area contributed by atoms with Crippen LogP contribution in [0.5, 0.6) is 0 Å². The lowest BCUT2D eigenvalue weighted by atomic mass is 10.1. The molecule has 2 amide bonds. The van der Waals surface area contributed by atoms with Crippen LogP contribution < -0.4 is 5.73 Å². The van der Waals surface area contributed by atoms with Crippen LogP contribution in [0.1, 0.15) is 32.1 Å². The van der Waals surface area contributed by atoms with Crippen molar-refractivity contribution in [1.29, 1.82) is 0 Å². The van der Waals surface area contributed by atoms with Crippen LogP contribution in [0.3, 0.4) is 0 Å². The van der Waals surface area contributed by atoms with Gasteiger partial charge in [-0.05, 0) is 19.4 Å². The molecular weight excluding hydrogens is 287 g/mol. The quantitative estimate of drug-likeness (QED) is 0.654. The van der Waals surface area contributed by atoms with Crippen LogP contribution in [-0.4, -0.2) is 61.5 Å². The number of hydrogen-bond donors (Lipinski definition) is 1. The van der Waals surface area contributed by atoms with E-state index in [0.717, 1.165) is 24.2 Å². The maximum absolute atomic E-state index is 12.5. The van der Waals surface area contributed by atoms with Gasteiger partial charge < -0.3 is 15.5 Å². The molecule has 0 aromatic rings. The minimum atomic E-state index is -4.51. The molecule has 0 saturated heterocycles. The molecule has 2 N–H and O–H groups in total. The number of hydrogen-bond acceptors (Lipinski definition) is 3. The molecule has 0 bridgehead atoms. The first-order valence-corrected chi connectivity index (χ1v) is 6.92. The molecule has 0 saturated carbocycles. The number of nitrogens with zero attached hydrogens (tertiary/aromatic N) is 2. The van der Waals surface area contributed by atoms with Crippen LogP contribution in [0, 0.1) is 0 Å². The molecule has 0 aromatic carbocycles. The summed E-state index contributed by atoms with van der Waals surface area (Å²) in [6.45, 7) is -1.38. The fraction of sp³-hybridized carbons (Fsp3) is 0.846. The van der Waals surface area contributed by atoms with E-state index >= 15 is 0 Å². The third-order valence-electron chi connectivity index (χ3n) is 2.89. The number of halogens is 3. The standard InChI is InChI=1S/C13H24F3N3O2/c1-18(2)12(21)9-19(10-13(14,15)16)11(20)7-5-3-4-6-8-17/h3-10,17H2,1-2H3. The lowest BCUT2D eigenvalue weighted by Crippen LogP contribution is -2.44. The molecule has 124 valence electrons. The molecule has 5 nitrogen and oxygen atoms in total. The maximum atomic E-state index is 12.5. The van der Waals surface area contributed by atoms with E-state index in [1.54, 1.807) is 0 Å². The Hall–Kier alpha value is -1.31. The molecule has 0 unspecified atom stereocenters. The minimum Gasteiger partial charge on any atom is -0.347 e. The Labute approximate surface area is 123 Å². The summed E-state index contributed by atoms with van der Waals surface area (Å²) in [7, 11) is 2.87. The summed E-state index contributed by atoms with van der Waals surface area (Å²) in [6.07, 6.45) is -1.57. The number of likely N-dealkylation sites (N-methyl/N-ethyl adjacent to an activating group) is 1. The zero-order chi connectivity index (χ0) is 16.5. The van der Waals surface area contributed by atoms with Crippen molar-refractivity contribution in [3.05, 3.63) is 0 Å². The molecule has 0 fully saturated rings. The summed E-state index contributed by atoms with van der Waals surface area (Å²) in [5.41, 5.74) is 5.33. The highest BCUT2D eigenvalue weighted by atomic mass is 19.4. The second kappa shape index (κ2) is 9.59. The van der Waals surface area contributed by atoms with Gasteiger partial charge in [0.2, 0.25) is 11.8 Å². The lowest BCUT2D eigenvalue weighted by Gasteiger charge is -2.25. The zero-order valence-electron chi connectivity index (χ0n) is 12.6. The zero-order valence-corrected chi connectivity index (χ0v) is 12.6. The van der Waals surface area contributed by atoms with Crippen molar-refractivity contribution in [2.24, 2.45) is 5.73 Å². The van der Waals surface area contributed by atoms with Crippen LogP contribution in [-0.2, 0) is 9.59 Å². The molecule has 0 rings (SSSR count). The van der Waals surface area contributed by atoms with Gasteiger partial charge in [0.15, 0.2) is 0 Å². The van der Waals surface area contributed by atoms with E-state index in [0.29, 0.717) is 17.9 Å². The fourth-order valence-corrected chi connectivity index (χ4v) is 1.69. The SMILES string of the molecule is CN(C)C(=O)CN(CC(F)(F)F)C(=O)CCCCCCN. The van der Waals surface area contributed by atoms with Crippen molar-refractivity contribution >= 4 is 11.8 Å². The van der Waals surface area contributed by atoms with Gasteiger partial charge in [-0.3, -0.25) is 9.59 Å². The third-order valence-corrected chi connectivity index (χ3v) is 2.89. The third kappa shape index (κ3) is 10.1. The highest BCUT2D eigenvalue weighted by molar-refractivity contribution is 5.84. The minimum absolute atomic E-state index is 0.0152. The largest absolute Gasteiger partial charge is 0.406 e. The Morgan fingerprint density at radius 1 is 1.00 bits per heavy atom. The molecule has 8 heteroatoms. The average molecular weight is 311 g/mol. The molecule has 0 radical (unpaired) electrons. The van der Waals surface area contributed by atoms with E-state index in [1.165, 1.54) is 14.1 Å². The van der Waals surface area contributed by atoms with Gasteiger partial charge in [0, 0.05) is 20.5 Å². The summed E-state index contributed by atoms with van der Waals surface area (Å²) < 4.78 is 37.4. The number of carbonyl (C=O) groups is 2. The summed E-state index contributed by atoms with van der Waals surface area (Å²) in [6, 6.07) is 0. The van der Waals surface area contributed by atoms with Crippen LogP contribution in [0.25, 0.3) is 0 Å². The first kappa shape index (κ1) is 19.7. The fourth-order valence-electron chi connectivity index (χ4n) is 1.69. The predicted molar refractivity (Wildman–Crippen MR) is 73.5 cm³/mol. The second-order valence-corrected chi connectivity index (χ2v) is 5.11. The summed E-state index contributed by atoms with van der Waals surface area (Å²) >= 11 is 0. The summed E-state index contributed by atoms with van der Waals surface area (Å²) in [5.74, 6) is -1.17. The number of unbranched alkanes of at least 4 members (excludes halogenated alkanes) is 3. The molecule has 0 aromatic heterocycles. The van der Waals surface area contributed by atoms with Crippen LogP contribution >= 0.6 is 0 Å². The van der Waals surface area contributed by atoms with Gasteiger partial charge in [0.1, 0.15) is 13.1 Å². The molecule has 0 aliphatic rings. The van der Waals surface area contributed by atoms with E-state index in [1.807, 2.05) is 0 Å². The maximum Gasteiger partial charge on any atom is 0.406 e. The molecule has 0 aliphatic heterocycles. The monoisotopic (exact) mass is 311 g/mol. The van der Waals surface area contributed by atoms with E-state index in [9.17, 15) is 22.8 Å². The first-order chi connectivity index (χ1) is 9.67. The van der Waals surface area contributed by atoms with Crippen molar-refractivity contribution in [2.75, 3.05) is 33.7 Å². The van der Waals surface area contributed by atoms with Crippen molar-refractivity contribution < 1.29 is 22.8 Å². The Morgan fingerprint density at radius 2 is 1.57 bits per heavy atom. The molecule has 0 heterocycles. The Kier molecular flexibility index (Phi) is 9.00. The number of amides is 2. The predicted octanol–water partition coefficient (Wildman–Crippen LogP) is 1.37. The molecular formula is C13H24F3N3O2. The second-order valence-electron chi connectivity index (χ2n) is 5.11. The van der Waals surface area contributed by atoms with Crippen LogP contribution in [0.15, 0.2) is 0 Å². The normalized spacial score (nSPS) is 11.3. The van der Waals surface area contributed by atoms with E-state index < -0.39 is 31.1 Å². The van der Waals surface area contributed by atoms with Crippen molar-refractivity contribution in [1.82, 2.24) is 9.80 Å². The van der Waals surface area contributed by atoms with Gasteiger partial charge >= 0.3 is 6.18 Å². The van der Waals surface area contributed by atoms with Gasteiger partial charge in [0.05, 0.1) is 0 Å². The van der Waals surface area contributed by atoms with Gasteiger partial charge in [-0.2, -0.15) is 13.2 Å². The Morgan fingerprint density at radius 3 is 2.05 bits per heavy atom. The molecule has 21 heavy (non-hydrogen) atoms. The lowest BCUT2D eigenvalue weighted by molar-refractivity contribution is -0.164. The van der Waals surface area contributed by atoms with Crippen LogP contribution in [0.4, 0.5) is 13.2 Å². The Bertz CT molecular complexity index is 333. The number of carbonyl (C=O) groups excluding carboxylic acids is 2. The number of nitrogens with two attached hydrogens (primary N) is 1. The topological polar surface area (TPSA) is 66.6 Å².